The first-order chi connectivity index (χ1) is 8.16. The number of halogens is 1. The van der Waals surface area contributed by atoms with Crippen LogP contribution >= 0.6 is 0 Å². The lowest BCUT2D eigenvalue weighted by Crippen LogP contribution is -2.22. The molecule has 0 saturated carbocycles. The normalized spacial score (nSPS) is 10.2. The number of aromatic amines is 1. The van der Waals surface area contributed by atoms with Crippen LogP contribution in [0.25, 0.3) is 0 Å². The molecule has 17 heavy (non-hydrogen) atoms. The summed E-state index contributed by atoms with van der Waals surface area (Å²) < 4.78 is 13.0. The Balaban J connectivity index is 2.02. The molecule has 0 bridgehead atoms. The summed E-state index contributed by atoms with van der Waals surface area (Å²) in [6.07, 6.45) is 3.61. The van der Waals surface area contributed by atoms with E-state index in [1.54, 1.807) is 19.2 Å². The zero-order valence-electron chi connectivity index (χ0n) is 9.46. The van der Waals surface area contributed by atoms with Gasteiger partial charge in [0.1, 0.15) is 5.82 Å². The molecule has 4 heteroatoms. The average Bonchev–Trinajstić information content (AvgIpc) is 2.82. The van der Waals surface area contributed by atoms with Gasteiger partial charge in [-0.3, -0.25) is 4.79 Å². The Labute approximate surface area is 98.7 Å². The number of aromatic nitrogens is 1. The molecule has 3 nitrogen and oxygen atoms in total. The second kappa shape index (κ2) is 4.82. The summed E-state index contributed by atoms with van der Waals surface area (Å²) in [7, 11) is 0. The van der Waals surface area contributed by atoms with E-state index in [1.807, 2.05) is 12.3 Å². The van der Waals surface area contributed by atoms with E-state index in [-0.39, 0.29) is 11.7 Å². The third-order valence-corrected chi connectivity index (χ3v) is 2.54. The fourth-order valence-electron chi connectivity index (χ4n) is 1.54. The molecule has 0 unspecified atom stereocenters. The molecule has 1 aromatic carbocycles. The van der Waals surface area contributed by atoms with E-state index < -0.39 is 0 Å². The molecule has 1 amide bonds. The summed E-state index contributed by atoms with van der Waals surface area (Å²) in [4.78, 5) is 14.7. The lowest BCUT2D eigenvalue weighted by molar-refractivity contribution is 0.0951. The second-order valence-corrected chi connectivity index (χ2v) is 3.87. The fraction of sp³-hybridized carbons (Fsp3) is 0.154. The van der Waals surface area contributed by atoms with Gasteiger partial charge in [0.25, 0.3) is 5.91 Å². The van der Waals surface area contributed by atoms with E-state index in [2.05, 4.69) is 10.3 Å². The highest BCUT2D eigenvalue weighted by Crippen LogP contribution is 2.09. The second-order valence-electron chi connectivity index (χ2n) is 3.87. The molecule has 1 heterocycles. The average molecular weight is 232 g/mol. The molecule has 2 aromatic rings. The molecule has 0 fully saturated rings. The zero-order chi connectivity index (χ0) is 12.3. The number of carbonyl (C=O) groups excluding carboxylic acids is 1. The summed E-state index contributed by atoms with van der Waals surface area (Å²) in [6.45, 7) is 2.09. The van der Waals surface area contributed by atoms with Crippen LogP contribution in [0.4, 0.5) is 4.39 Å². The molecule has 0 spiro atoms. The number of aryl methyl sites for hydroxylation is 1. The van der Waals surface area contributed by atoms with Gasteiger partial charge in [-0.15, -0.1) is 0 Å². The number of H-pyrrole nitrogens is 1. The van der Waals surface area contributed by atoms with Crippen molar-refractivity contribution in [3.05, 3.63) is 59.2 Å². The third kappa shape index (κ3) is 2.72. The molecule has 2 N–H and O–H groups in total. The van der Waals surface area contributed by atoms with Gasteiger partial charge in [-0.1, -0.05) is 0 Å². The molecule has 0 atom stereocenters. The van der Waals surface area contributed by atoms with Crippen LogP contribution in [0.2, 0.25) is 0 Å². The number of hydrogen-bond donors (Lipinski definition) is 2. The molecule has 0 aliphatic rings. The van der Waals surface area contributed by atoms with Crippen molar-refractivity contribution in [1.29, 1.82) is 0 Å². The monoisotopic (exact) mass is 232 g/mol. The lowest BCUT2D eigenvalue weighted by Gasteiger charge is -2.05. The zero-order valence-corrected chi connectivity index (χ0v) is 9.46. The molecule has 0 aliphatic heterocycles. The van der Waals surface area contributed by atoms with Gasteiger partial charge < -0.3 is 10.3 Å². The summed E-state index contributed by atoms with van der Waals surface area (Å²) in [5, 5.41) is 2.77. The predicted octanol–water partition coefficient (Wildman–Crippen LogP) is 2.39. The standard InChI is InChI=1S/C13H13FN2O/c1-9-6-11(2-3-12(9)14)13(17)16-8-10-4-5-15-7-10/h2-7,15H,8H2,1H3,(H,16,17). The van der Waals surface area contributed by atoms with Gasteiger partial charge >= 0.3 is 0 Å². The SMILES string of the molecule is Cc1cc(C(=O)NCc2cc[nH]c2)ccc1F. The summed E-state index contributed by atoms with van der Waals surface area (Å²) >= 11 is 0. The van der Waals surface area contributed by atoms with Crippen molar-refractivity contribution in [2.45, 2.75) is 13.5 Å². The van der Waals surface area contributed by atoms with Gasteiger partial charge in [0, 0.05) is 24.5 Å². The van der Waals surface area contributed by atoms with Gasteiger partial charge in [-0.2, -0.15) is 0 Å². The highest BCUT2D eigenvalue weighted by molar-refractivity contribution is 5.94. The van der Waals surface area contributed by atoms with E-state index >= 15 is 0 Å². The Morgan fingerprint density at radius 1 is 1.41 bits per heavy atom. The van der Waals surface area contributed by atoms with Crippen LogP contribution in [-0.4, -0.2) is 10.9 Å². The number of amides is 1. The number of carbonyl (C=O) groups is 1. The smallest absolute Gasteiger partial charge is 0.251 e. The van der Waals surface area contributed by atoms with Crippen LogP contribution in [0.3, 0.4) is 0 Å². The Morgan fingerprint density at radius 2 is 2.24 bits per heavy atom. The molecule has 88 valence electrons. The van der Waals surface area contributed by atoms with Crippen LogP contribution in [0.5, 0.6) is 0 Å². The Morgan fingerprint density at radius 3 is 2.88 bits per heavy atom. The van der Waals surface area contributed by atoms with Crippen molar-refractivity contribution in [3.8, 4) is 0 Å². The first kappa shape index (κ1) is 11.4. The van der Waals surface area contributed by atoms with Gasteiger partial charge in [-0.25, -0.2) is 4.39 Å². The third-order valence-electron chi connectivity index (χ3n) is 2.54. The van der Waals surface area contributed by atoms with Crippen LogP contribution in [0, 0.1) is 12.7 Å². The summed E-state index contributed by atoms with van der Waals surface area (Å²) in [6, 6.07) is 6.22. The molecule has 2 rings (SSSR count). The molecular weight excluding hydrogens is 219 g/mol. The number of nitrogens with one attached hydrogen (secondary N) is 2. The van der Waals surface area contributed by atoms with Gasteiger partial charge in [0.05, 0.1) is 0 Å². The maximum Gasteiger partial charge on any atom is 0.251 e. The Hall–Kier alpha value is -2.10. The topological polar surface area (TPSA) is 44.9 Å². The van der Waals surface area contributed by atoms with E-state index in [4.69, 9.17) is 0 Å². The molecule has 0 saturated heterocycles. The van der Waals surface area contributed by atoms with E-state index in [1.165, 1.54) is 12.1 Å². The van der Waals surface area contributed by atoms with E-state index in [0.29, 0.717) is 17.7 Å². The molecular formula is C13H13FN2O. The lowest BCUT2D eigenvalue weighted by atomic mass is 10.1. The highest BCUT2D eigenvalue weighted by Gasteiger charge is 2.07. The fourth-order valence-corrected chi connectivity index (χ4v) is 1.54. The van der Waals surface area contributed by atoms with E-state index in [9.17, 15) is 9.18 Å². The first-order valence-corrected chi connectivity index (χ1v) is 5.33. The van der Waals surface area contributed by atoms with Crippen molar-refractivity contribution < 1.29 is 9.18 Å². The summed E-state index contributed by atoms with van der Waals surface area (Å²) in [5.41, 5.74) is 1.94. The molecule has 0 radical (unpaired) electrons. The minimum Gasteiger partial charge on any atom is -0.367 e. The predicted molar refractivity (Wildman–Crippen MR) is 63.1 cm³/mol. The summed E-state index contributed by atoms with van der Waals surface area (Å²) in [5.74, 6) is -0.499. The van der Waals surface area contributed by atoms with Crippen LogP contribution in [-0.2, 0) is 6.54 Å². The Kier molecular flexibility index (Phi) is 3.23. The van der Waals surface area contributed by atoms with Gasteiger partial charge in [0.15, 0.2) is 0 Å². The molecule has 0 aliphatic carbocycles. The van der Waals surface area contributed by atoms with Crippen molar-refractivity contribution in [2.24, 2.45) is 0 Å². The van der Waals surface area contributed by atoms with Crippen molar-refractivity contribution in [3.63, 3.8) is 0 Å². The van der Waals surface area contributed by atoms with E-state index in [0.717, 1.165) is 5.56 Å². The molecule has 1 aromatic heterocycles. The van der Waals surface area contributed by atoms with Crippen molar-refractivity contribution in [1.82, 2.24) is 10.3 Å². The minimum absolute atomic E-state index is 0.200. The van der Waals surface area contributed by atoms with Crippen LogP contribution in [0.1, 0.15) is 21.5 Å². The van der Waals surface area contributed by atoms with Gasteiger partial charge in [-0.05, 0) is 42.3 Å². The van der Waals surface area contributed by atoms with Crippen LogP contribution < -0.4 is 5.32 Å². The number of hydrogen-bond acceptors (Lipinski definition) is 1. The van der Waals surface area contributed by atoms with Gasteiger partial charge in [0.2, 0.25) is 0 Å². The maximum atomic E-state index is 13.0. The van der Waals surface area contributed by atoms with Crippen molar-refractivity contribution in [2.75, 3.05) is 0 Å². The van der Waals surface area contributed by atoms with Crippen molar-refractivity contribution >= 4 is 5.91 Å². The Bertz CT molecular complexity index is 520. The minimum atomic E-state index is -0.299. The number of rotatable bonds is 3. The first-order valence-electron chi connectivity index (χ1n) is 5.33. The quantitative estimate of drug-likeness (QED) is 0.838. The van der Waals surface area contributed by atoms with Crippen LogP contribution in [0.15, 0.2) is 36.7 Å². The maximum absolute atomic E-state index is 13.0. The largest absolute Gasteiger partial charge is 0.367 e. The number of benzene rings is 1. The highest BCUT2D eigenvalue weighted by atomic mass is 19.1.